The molecule has 2 amide bonds. The van der Waals surface area contributed by atoms with Crippen LogP contribution in [0.25, 0.3) is 5.57 Å². The number of rotatable bonds is 3. The zero-order valence-corrected chi connectivity index (χ0v) is 11.5. The lowest BCUT2D eigenvalue weighted by Crippen LogP contribution is -2.33. The van der Waals surface area contributed by atoms with Gasteiger partial charge in [-0.15, -0.1) is 0 Å². The van der Waals surface area contributed by atoms with E-state index in [-0.39, 0.29) is 11.3 Å². The first-order chi connectivity index (χ1) is 9.90. The molecule has 0 saturated carbocycles. The van der Waals surface area contributed by atoms with Crippen molar-refractivity contribution >= 4 is 23.4 Å². The van der Waals surface area contributed by atoms with E-state index >= 15 is 0 Å². The molecule has 1 aliphatic heterocycles. The second-order valence-corrected chi connectivity index (χ2v) is 4.48. The van der Waals surface area contributed by atoms with Crippen molar-refractivity contribution in [2.24, 2.45) is 0 Å². The molecule has 0 atom stereocenters. The Labute approximate surface area is 120 Å². The SMILES string of the molecule is CC(C(=O)ON1C(=O)C=CC1=O)=C(C)c1ccc(O)cc1. The lowest BCUT2D eigenvalue weighted by Gasteiger charge is -2.14. The van der Waals surface area contributed by atoms with Crippen LogP contribution in [0.3, 0.4) is 0 Å². The van der Waals surface area contributed by atoms with Crippen LogP contribution in [0.4, 0.5) is 0 Å². The van der Waals surface area contributed by atoms with Crippen LogP contribution in [0.1, 0.15) is 19.4 Å². The molecule has 0 bridgehead atoms. The van der Waals surface area contributed by atoms with Crippen molar-refractivity contribution in [2.45, 2.75) is 13.8 Å². The first-order valence-corrected chi connectivity index (χ1v) is 6.15. The first kappa shape index (κ1) is 14.5. The van der Waals surface area contributed by atoms with Gasteiger partial charge in [0.25, 0.3) is 11.8 Å². The highest BCUT2D eigenvalue weighted by atomic mass is 16.7. The summed E-state index contributed by atoms with van der Waals surface area (Å²) >= 11 is 0. The van der Waals surface area contributed by atoms with Crippen molar-refractivity contribution in [1.29, 1.82) is 0 Å². The molecular weight excluding hydrogens is 274 g/mol. The van der Waals surface area contributed by atoms with Gasteiger partial charge in [0.2, 0.25) is 0 Å². The normalized spacial score (nSPS) is 15.2. The fraction of sp³-hybridized carbons (Fsp3) is 0.133. The lowest BCUT2D eigenvalue weighted by molar-refractivity contribution is -0.193. The monoisotopic (exact) mass is 287 g/mol. The molecule has 0 unspecified atom stereocenters. The molecule has 108 valence electrons. The Hall–Kier alpha value is -2.89. The molecule has 6 nitrogen and oxygen atoms in total. The molecule has 0 aliphatic carbocycles. The summed E-state index contributed by atoms with van der Waals surface area (Å²) in [5, 5.41) is 9.65. The smallest absolute Gasteiger partial charge is 0.359 e. The maximum atomic E-state index is 12.0. The van der Waals surface area contributed by atoms with Gasteiger partial charge in [0.05, 0.1) is 0 Å². The minimum Gasteiger partial charge on any atom is -0.508 e. The number of imide groups is 1. The van der Waals surface area contributed by atoms with E-state index in [1.165, 1.54) is 19.1 Å². The van der Waals surface area contributed by atoms with Gasteiger partial charge in [-0.25, -0.2) is 4.79 Å². The molecule has 0 fully saturated rings. The number of nitrogens with zero attached hydrogens (tertiary/aromatic N) is 1. The van der Waals surface area contributed by atoms with E-state index in [9.17, 15) is 19.5 Å². The van der Waals surface area contributed by atoms with E-state index in [2.05, 4.69) is 0 Å². The number of allylic oxidation sites excluding steroid dienone is 1. The number of benzene rings is 1. The standard InChI is InChI=1S/C15H13NO5/c1-9(11-3-5-12(17)6-4-11)10(2)15(20)21-16-13(18)7-8-14(16)19/h3-8,17H,1-2H3. The van der Waals surface area contributed by atoms with Gasteiger partial charge >= 0.3 is 5.97 Å². The number of phenolic OH excluding ortho intramolecular Hbond substituents is 1. The van der Waals surface area contributed by atoms with E-state index in [0.29, 0.717) is 10.6 Å². The second kappa shape index (κ2) is 5.62. The number of amides is 2. The van der Waals surface area contributed by atoms with Crippen molar-refractivity contribution < 1.29 is 24.3 Å². The third-order valence-corrected chi connectivity index (χ3v) is 3.11. The molecule has 0 spiro atoms. The van der Waals surface area contributed by atoms with Crippen LogP contribution >= 0.6 is 0 Å². The van der Waals surface area contributed by atoms with Crippen molar-refractivity contribution in [1.82, 2.24) is 5.06 Å². The van der Waals surface area contributed by atoms with Gasteiger partial charge in [-0.2, -0.15) is 0 Å². The highest BCUT2D eigenvalue weighted by Crippen LogP contribution is 2.21. The molecule has 21 heavy (non-hydrogen) atoms. The van der Waals surface area contributed by atoms with Gasteiger partial charge in [0.15, 0.2) is 0 Å². The Morgan fingerprint density at radius 3 is 2.10 bits per heavy atom. The zero-order valence-electron chi connectivity index (χ0n) is 11.5. The Morgan fingerprint density at radius 1 is 1.05 bits per heavy atom. The maximum Gasteiger partial charge on any atom is 0.359 e. The van der Waals surface area contributed by atoms with Gasteiger partial charge < -0.3 is 9.94 Å². The quantitative estimate of drug-likeness (QED) is 0.674. The van der Waals surface area contributed by atoms with E-state index in [4.69, 9.17) is 4.84 Å². The fourth-order valence-corrected chi connectivity index (χ4v) is 1.71. The fourth-order valence-electron chi connectivity index (χ4n) is 1.71. The average molecular weight is 287 g/mol. The summed E-state index contributed by atoms with van der Waals surface area (Å²) in [6, 6.07) is 6.29. The number of phenols is 1. The zero-order chi connectivity index (χ0) is 15.6. The number of carbonyl (C=O) groups is 3. The predicted molar refractivity (Wildman–Crippen MR) is 73.5 cm³/mol. The minimum atomic E-state index is -0.786. The molecule has 0 aromatic heterocycles. The summed E-state index contributed by atoms with van der Waals surface area (Å²) in [5.41, 5.74) is 1.60. The van der Waals surface area contributed by atoms with Gasteiger partial charge in [-0.3, -0.25) is 9.59 Å². The Balaban J connectivity index is 2.18. The average Bonchev–Trinajstić information content (AvgIpc) is 2.78. The van der Waals surface area contributed by atoms with Crippen molar-refractivity contribution in [3.05, 3.63) is 47.6 Å². The van der Waals surface area contributed by atoms with Crippen LogP contribution in [0.5, 0.6) is 5.75 Å². The summed E-state index contributed by atoms with van der Waals surface area (Å²) < 4.78 is 0. The molecule has 2 rings (SSSR count). The lowest BCUT2D eigenvalue weighted by atomic mass is 10.0. The van der Waals surface area contributed by atoms with E-state index in [0.717, 1.165) is 17.7 Å². The van der Waals surface area contributed by atoms with Crippen LogP contribution in [0.2, 0.25) is 0 Å². The van der Waals surface area contributed by atoms with E-state index < -0.39 is 17.8 Å². The van der Waals surface area contributed by atoms with Gasteiger partial charge in [0, 0.05) is 17.7 Å². The van der Waals surface area contributed by atoms with Gasteiger partial charge in [-0.05, 0) is 37.1 Å². The van der Waals surface area contributed by atoms with Crippen molar-refractivity contribution in [2.75, 3.05) is 0 Å². The summed E-state index contributed by atoms with van der Waals surface area (Å²) in [6.07, 6.45) is 2.06. The molecule has 1 aromatic rings. The number of aromatic hydroxyl groups is 1. The van der Waals surface area contributed by atoms with Crippen LogP contribution in [-0.2, 0) is 19.2 Å². The Morgan fingerprint density at radius 2 is 1.57 bits per heavy atom. The minimum absolute atomic E-state index is 0.117. The van der Waals surface area contributed by atoms with Crippen LogP contribution in [-0.4, -0.2) is 28.0 Å². The molecule has 0 radical (unpaired) electrons. The third kappa shape index (κ3) is 3.00. The summed E-state index contributed by atoms with van der Waals surface area (Å²) in [6.45, 7) is 3.23. The van der Waals surface area contributed by atoms with Gasteiger partial charge in [0.1, 0.15) is 5.75 Å². The summed E-state index contributed by atoms with van der Waals surface area (Å²) in [7, 11) is 0. The molecule has 1 aliphatic rings. The first-order valence-electron chi connectivity index (χ1n) is 6.15. The molecule has 1 heterocycles. The summed E-state index contributed by atoms with van der Waals surface area (Å²) in [4.78, 5) is 39.4. The van der Waals surface area contributed by atoms with Crippen LogP contribution < -0.4 is 0 Å². The van der Waals surface area contributed by atoms with Crippen molar-refractivity contribution in [3.63, 3.8) is 0 Å². The number of hydrogen-bond acceptors (Lipinski definition) is 5. The van der Waals surface area contributed by atoms with E-state index in [1.807, 2.05) is 0 Å². The highest BCUT2D eigenvalue weighted by Gasteiger charge is 2.28. The molecule has 1 N–H and O–H groups in total. The van der Waals surface area contributed by atoms with Crippen molar-refractivity contribution in [3.8, 4) is 5.75 Å². The predicted octanol–water partition coefficient (Wildman–Crippen LogP) is 1.57. The Bertz CT molecular complexity index is 652. The summed E-state index contributed by atoms with van der Waals surface area (Å²) in [5.74, 6) is -2.05. The number of carbonyl (C=O) groups excluding carboxylic acids is 3. The largest absolute Gasteiger partial charge is 0.508 e. The van der Waals surface area contributed by atoms with Gasteiger partial charge in [-0.1, -0.05) is 17.2 Å². The number of hydroxylamine groups is 2. The molecule has 6 heteroatoms. The second-order valence-electron chi connectivity index (χ2n) is 4.48. The van der Waals surface area contributed by atoms with Crippen LogP contribution in [0, 0.1) is 0 Å². The number of hydrogen-bond donors (Lipinski definition) is 1. The topological polar surface area (TPSA) is 83.9 Å². The highest BCUT2D eigenvalue weighted by molar-refractivity contribution is 6.13. The molecule has 1 aromatic carbocycles. The maximum absolute atomic E-state index is 12.0. The Kier molecular flexibility index (Phi) is 3.89. The van der Waals surface area contributed by atoms with E-state index in [1.54, 1.807) is 19.1 Å². The van der Waals surface area contributed by atoms with Crippen LogP contribution in [0.15, 0.2) is 42.0 Å². The molecule has 0 saturated heterocycles. The third-order valence-electron chi connectivity index (χ3n) is 3.11. The molecular formula is C15H13NO5.